The normalized spacial score (nSPS) is 21.6. The molecule has 1 heterocycles. The van der Waals surface area contributed by atoms with Crippen LogP contribution >= 0.6 is 0 Å². The monoisotopic (exact) mass is 285 g/mol. The smallest absolute Gasteiger partial charge is 0.239 e. The molecule has 3 atom stereocenters. The molecule has 116 valence electrons. The molecule has 1 aliphatic heterocycles. The first-order valence-electron chi connectivity index (χ1n) is 7.34. The summed E-state index contributed by atoms with van der Waals surface area (Å²) in [5.41, 5.74) is 5.70. The molecule has 2 unspecified atom stereocenters. The lowest BCUT2D eigenvalue weighted by atomic mass is 10.1. The van der Waals surface area contributed by atoms with Gasteiger partial charge in [-0.05, 0) is 32.1 Å². The molecule has 1 fully saturated rings. The van der Waals surface area contributed by atoms with Gasteiger partial charge < -0.3 is 21.1 Å². The van der Waals surface area contributed by atoms with Crippen molar-refractivity contribution in [2.24, 2.45) is 11.7 Å². The predicted octanol–water partition coefficient (Wildman–Crippen LogP) is 0.160. The zero-order chi connectivity index (χ0) is 15.1. The van der Waals surface area contributed by atoms with Crippen molar-refractivity contribution < 1.29 is 14.3 Å². The van der Waals surface area contributed by atoms with E-state index in [4.69, 9.17) is 10.5 Å². The van der Waals surface area contributed by atoms with Crippen molar-refractivity contribution in [3.05, 3.63) is 0 Å². The molecular formula is C14H27N3O3. The Balaban J connectivity index is 2.20. The van der Waals surface area contributed by atoms with Gasteiger partial charge in [0.15, 0.2) is 0 Å². The van der Waals surface area contributed by atoms with E-state index in [-0.39, 0.29) is 36.4 Å². The standard InChI is InChI=1S/C14H27N3O3/c1-9(2)13(15)14(19)16-8-12(18)17-10(3)7-11-5-4-6-20-11/h9-11,13H,4-8,15H2,1-3H3,(H,16,19)(H,17,18)/t10?,11?,13-/m0/s1. The molecule has 1 rings (SSSR count). The molecule has 4 N–H and O–H groups in total. The Hall–Kier alpha value is -1.14. The van der Waals surface area contributed by atoms with Gasteiger partial charge in [-0.15, -0.1) is 0 Å². The molecule has 0 bridgehead atoms. The number of nitrogens with one attached hydrogen (secondary N) is 2. The van der Waals surface area contributed by atoms with Crippen molar-refractivity contribution in [2.75, 3.05) is 13.2 Å². The first-order chi connectivity index (χ1) is 9.40. The van der Waals surface area contributed by atoms with Crippen LogP contribution in [0.15, 0.2) is 0 Å². The highest BCUT2D eigenvalue weighted by Gasteiger charge is 2.20. The highest BCUT2D eigenvalue weighted by atomic mass is 16.5. The highest BCUT2D eigenvalue weighted by Crippen LogP contribution is 2.16. The lowest BCUT2D eigenvalue weighted by molar-refractivity contribution is -0.127. The number of ether oxygens (including phenoxy) is 1. The van der Waals surface area contributed by atoms with Crippen LogP contribution in [0.4, 0.5) is 0 Å². The zero-order valence-electron chi connectivity index (χ0n) is 12.6. The van der Waals surface area contributed by atoms with Crippen molar-refractivity contribution in [3.8, 4) is 0 Å². The van der Waals surface area contributed by atoms with Gasteiger partial charge in [-0.2, -0.15) is 0 Å². The summed E-state index contributed by atoms with van der Waals surface area (Å²) in [6, 6.07) is -0.534. The van der Waals surface area contributed by atoms with E-state index in [0.29, 0.717) is 0 Å². The van der Waals surface area contributed by atoms with E-state index < -0.39 is 6.04 Å². The van der Waals surface area contributed by atoms with Crippen molar-refractivity contribution in [1.82, 2.24) is 10.6 Å². The summed E-state index contributed by atoms with van der Waals surface area (Å²) in [5, 5.41) is 5.41. The van der Waals surface area contributed by atoms with E-state index in [0.717, 1.165) is 25.9 Å². The summed E-state index contributed by atoms with van der Waals surface area (Å²) in [7, 11) is 0. The molecule has 0 aliphatic carbocycles. The Kier molecular flexibility index (Phi) is 6.95. The Morgan fingerprint density at radius 2 is 2.05 bits per heavy atom. The van der Waals surface area contributed by atoms with E-state index in [2.05, 4.69) is 10.6 Å². The number of rotatable bonds is 7. The Morgan fingerprint density at radius 1 is 1.35 bits per heavy atom. The van der Waals surface area contributed by atoms with E-state index >= 15 is 0 Å². The van der Waals surface area contributed by atoms with E-state index in [1.165, 1.54) is 0 Å². The second-order valence-electron chi connectivity index (χ2n) is 5.83. The largest absolute Gasteiger partial charge is 0.378 e. The minimum absolute atomic E-state index is 0.0326. The first-order valence-corrected chi connectivity index (χ1v) is 7.34. The Morgan fingerprint density at radius 3 is 2.60 bits per heavy atom. The van der Waals surface area contributed by atoms with E-state index in [9.17, 15) is 9.59 Å². The maximum atomic E-state index is 11.7. The minimum atomic E-state index is -0.577. The molecule has 0 aromatic heterocycles. The van der Waals surface area contributed by atoms with Crippen molar-refractivity contribution in [2.45, 2.75) is 58.2 Å². The first kappa shape index (κ1) is 16.9. The molecule has 6 heteroatoms. The molecule has 1 saturated heterocycles. The maximum absolute atomic E-state index is 11.7. The number of hydrogen-bond donors (Lipinski definition) is 3. The highest BCUT2D eigenvalue weighted by molar-refractivity contribution is 5.87. The second kappa shape index (κ2) is 8.21. The van der Waals surface area contributed by atoms with Gasteiger partial charge in [0, 0.05) is 12.6 Å². The summed E-state index contributed by atoms with van der Waals surface area (Å²) in [6.07, 6.45) is 3.20. The van der Waals surface area contributed by atoms with Gasteiger partial charge in [0.1, 0.15) is 0 Å². The molecule has 1 aliphatic rings. The van der Waals surface area contributed by atoms with Gasteiger partial charge in [0.2, 0.25) is 11.8 Å². The number of nitrogens with two attached hydrogens (primary N) is 1. The fourth-order valence-electron chi connectivity index (χ4n) is 2.20. The van der Waals surface area contributed by atoms with Gasteiger partial charge in [-0.25, -0.2) is 0 Å². The second-order valence-corrected chi connectivity index (χ2v) is 5.83. The molecule has 0 spiro atoms. The van der Waals surface area contributed by atoms with Crippen LogP contribution in [-0.2, 0) is 14.3 Å². The molecule has 0 aromatic rings. The molecule has 0 saturated carbocycles. The fourth-order valence-corrected chi connectivity index (χ4v) is 2.20. The van der Waals surface area contributed by atoms with E-state index in [1.807, 2.05) is 20.8 Å². The van der Waals surface area contributed by atoms with Crippen molar-refractivity contribution in [3.63, 3.8) is 0 Å². The van der Waals surface area contributed by atoms with Crippen molar-refractivity contribution >= 4 is 11.8 Å². The summed E-state index contributed by atoms with van der Waals surface area (Å²) in [5.74, 6) is -0.432. The number of amides is 2. The lowest BCUT2D eigenvalue weighted by Gasteiger charge is -2.19. The summed E-state index contributed by atoms with van der Waals surface area (Å²) < 4.78 is 5.52. The average Bonchev–Trinajstić information content (AvgIpc) is 2.87. The van der Waals surface area contributed by atoms with Crippen molar-refractivity contribution in [1.29, 1.82) is 0 Å². The van der Waals surface area contributed by atoms with Crippen LogP contribution in [-0.4, -0.2) is 43.2 Å². The molecule has 0 radical (unpaired) electrons. The number of carbonyl (C=O) groups excluding carboxylic acids is 2. The lowest BCUT2D eigenvalue weighted by Crippen LogP contribution is -2.48. The van der Waals surface area contributed by atoms with Crippen LogP contribution in [0.25, 0.3) is 0 Å². The summed E-state index contributed by atoms with van der Waals surface area (Å²) in [4.78, 5) is 23.3. The SMILES string of the molecule is CC(CC1CCCO1)NC(=O)CNC(=O)[C@@H](N)C(C)C. The fraction of sp³-hybridized carbons (Fsp3) is 0.857. The average molecular weight is 285 g/mol. The molecule has 6 nitrogen and oxygen atoms in total. The third kappa shape index (κ3) is 5.88. The molecule has 2 amide bonds. The number of carbonyl (C=O) groups is 2. The molecule has 20 heavy (non-hydrogen) atoms. The third-order valence-corrected chi connectivity index (χ3v) is 3.49. The van der Waals surface area contributed by atoms with E-state index in [1.54, 1.807) is 0 Å². The van der Waals surface area contributed by atoms with Gasteiger partial charge in [-0.3, -0.25) is 9.59 Å². The van der Waals surface area contributed by atoms with Gasteiger partial charge in [0.25, 0.3) is 0 Å². The Labute approximate surface area is 120 Å². The summed E-state index contributed by atoms with van der Waals surface area (Å²) >= 11 is 0. The van der Waals surface area contributed by atoms with Gasteiger partial charge in [-0.1, -0.05) is 13.8 Å². The van der Waals surface area contributed by atoms with Crippen LogP contribution in [0.3, 0.4) is 0 Å². The molecular weight excluding hydrogens is 258 g/mol. The Bertz CT molecular complexity index is 328. The maximum Gasteiger partial charge on any atom is 0.239 e. The van der Waals surface area contributed by atoms with Crippen LogP contribution < -0.4 is 16.4 Å². The van der Waals surface area contributed by atoms with Crippen LogP contribution in [0.5, 0.6) is 0 Å². The molecule has 0 aromatic carbocycles. The number of hydrogen-bond acceptors (Lipinski definition) is 4. The predicted molar refractivity (Wildman–Crippen MR) is 77.0 cm³/mol. The summed E-state index contributed by atoms with van der Waals surface area (Å²) in [6.45, 7) is 6.47. The van der Waals surface area contributed by atoms with Crippen LogP contribution in [0, 0.1) is 5.92 Å². The van der Waals surface area contributed by atoms with Gasteiger partial charge in [0.05, 0.1) is 18.7 Å². The van der Waals surface area contributed by atoms with Crippen LogP contribution in [0.1, 0.15) is 40.0 Å². The third-order valence-electron chi connectivity index (χ3n) is 3.49. The topological polar surface area (TPSA) is 93.5 Å². The zero-order valence-corrected chi connectivity index (χ0v) is 12.6. The quantitative estimate of drug-likeness (QED) is 0.621. The van der Waals surface area contributed by atoms with Crippen LogP contribution in [0.2, 0.25) is 0 Å². The van der Waals surface area contributed by atoms with Gasteiger partial charge >= 0.3 is 0 Å². The minimum Gasteiger partial charge on any atom is -0.378 e.